The SMILES string of the molecule is CCOc1cc(C2/C(=C(\O)c3ccc4c(c3)OCO4)C(=O)C(=O)N2CCc2ccc(F)cc2)ccc1O. The highest BCUT2D eigenvalue weighted by atomic mass is 19.1. The highest BCUT2D eigenvalue weighted by Crippen LogP contribution is 2.43. The summed E-state index contributed by atoms with van der Waals surface area (Å²) in [7, 11) is 0. The Morgan fingerprint density at radius 3 is 2.57 bits per heavy atom. The third kappa shape index (κ3) is 4.55. The molecule has 1 saturated heterocycles. The van der Waals surface area contributed by atoms with Crippen LogP contribution in [0.2, 0.25) is 0 Å². The van der Waals surface area contributed by atoms with Gasteiger partial charge in [0.25, 0.3) is 11.7 Å². The number of halogens is 1. The predicted molar refractivity (Wildman–Crippen MR) is 131 cm³/mol. The minimum absolute atomic E-state index is 0.0427. The number of aliphatic hydroxyl groups is 1. The summed E-state index contributed by atoms with van der Waals surface area (Å²) in [5, 5.41) is 21.5. The molecule has 0 aromatic heterocycles. The first-order valence-corrected chi connectivity index (χ1v) is 11.8. The number of amides is 1. The molecule has 3 aromatic carbocycles. The van der Waals surface area contributed by atoms with E-state index in [0.717, 1.165) is 5.56 Å². The number of nitrogens with zero attached hydrogens (tertiary/aromatic N) is 1. The van der Waals surface area contributed by atoms with Crippen molar-refractivity contribution in [2.24, 2.45) is 0 Å². The number of aliphatic hydroxyl groups excluding tert-OH is 1. The first-order valence-electron chi connectivity index (χ1n) is 11.8. The Balaban J connectivity index is 1.59. The molecule has 1 fully saturated rings. The Morgan fingerprint density at radius 2 is 1.81 bits per heavy atom. The van der Waals surface area contributed by atoms with Crippen LogP contribution in [0, 0.1) is 5.82 Å². The quantitative estimate of drug-likeness (QED) is 0.280. The summed E-state index contributed by atoms with van der Waals surface area (Å²) in [6.45, 7) is 2.23. The third-order valence-electron chi connectivity index (χ3n) is 6.34. The number of fused-ring (bicyclic) bond motifs is 1. The zero-order chi connectivity index (χ0) is 26.1. The molecule has 37 heavy (non-hydrogen) atoms. The molecule has 5 rings (SSSR count). The number of Topliss-reactive ketones (excluding diaryl/α,β-unsaturated/α-hetero) is 1. The number of rotatable bonds is 7. The van der Waals surface area contributed by atoms with Gasteiger partial charge in [0, 0.05) is 12.1 Å². The number of carbonyl (C=O) groups is 2. The minimum Gasteiger partial charge on any atom is -0.507 e. The van der Waals surface area contributed by atoms with Gasteiger partial charge in [-0.15, -0.1) is 0 Å². The molecular weight excluding hydrogens is 481 g/mol. The number of hydrogen-bond acceptors (Lipinski definition) is 7. The van der Waals surface area contributed by atoms with Gasteiger partial charge in [0.2, 0.25) is 6.79 Å². The van der Waals surface area contributed by atoms with Crippen molar-refractivity contribution in [1.29, 1.82) is 0 Å². The molecule has 1 amide bonds. The van der Waals surface area contributed by atoms with E-state index >= 15 is 0 Å². The zero-order valence-electron chi connectivity index (χ0n) is 19.9. The van der Waals surface area contributed by atoms with E-state index in [1.165, 1.54) is 23.1 Å². The van der Waals surface area contributed by atoms with Crippen molar-refractivity contribution in [3.63, 3.8) is 0 Å². The minimum atomic E-state index is -0.953. The molecule has 2 heterocycles. The Labute approximate surface area is 212 Å². The van der Waals surface area contributed by atoms with Crippen LogP contribution in [0.25, 0.3) is 5.76 Å². The van der Waals surface area contributed by atoms with Crippen molar-refractivity contribution in [2.75, 3.05) is 19.9 Å². The van der Waals surface area contributed by atoms with E-state index in [1.807, 2.05) is 0 Å². The van der Waals surface area contributed by atoms with E-state index in [0.29, 0.717) is 30.1 Å². The maximum atomic E-state index is 13.3. The van der Waals surface area contributed by atoms with Gasteiger partial charge in [0.1, 0.15) is 11.6 Å². The number of likely N-dealkylation sites (tertiary alicyclic amines) is 1. The molecule has 9 heteroatoms. The molecule has 2 aliphatic rings. The van der Waals surface area contributed by atoms with E-state index in [9.17, 15) is 24.2 Å². The number of aromatic hydroxyl groups is 1. The first-order chi connectivity index (χ1) is 17.9. The fourth-order valence-electron chi connectivity index (χ4n) is 4.53. The van der Waals surface area contributed by atoms with E-state index in [4.69, 9.17) is 14.2 Å². The van der Waals surface area contributed by atoms with Gasteiger partial charge in [0.15, 0.2) is 23.0 Å². The lowest BCUT2D eigenvalue weighted by Gasteiger charge is -2.26. The van der Waals surface area contributed by atoms with Gasteiger partial charge < -0.3 is 29.3 Å². The summed E-state index contributed by atoms with van der Waals surface area (Å²) < 4.78 is 29.6. The topological polar surface area (TPSA) is 106 Å². The number of phenolic OH excluding ortho intramolecular Hbond substituents is 1. The molecular formula is C28H24FNO7. The van der Waals surface area contributed by atoms with E-state index < -0.39 is 17.7 Å². The van der Waals surface area contributed by atoms with Gasteiger partial charge in [-0.2, -0.15) is 0 Å². The second-order valence-electron chi connectivity index (χ2n) is 8.60. The fraction of sp³-hybridized carbons (Fsp3) is 0.214. The number of carbonyl (C=O) groups excluding carboxylic acids is 2. The van der Waals surface area contributed by atoms with Crippen molar-refractivity contribution in [3.05, 3.63) is 88.7 Å². The molecule has 0 radical (unpaired) electrons. The van der Waals surface area contributed by atoms with Crippen LogP contribution >= 0.6 is 0 Å². The number of phenols is 1. The lowest BCUT2D eigenvalue weighted by Crippen LogP contribution is -2.31. The van der Waals surface area contributed by atoms with E-state index in [2.05, 4.69) is 0 Å². The van der Waals surface area contributed by atoms with Crippen molar-refractivity contribution in [3.8, 4) is 23.0 Å². The molecule has 0 spiro atoms. The number of benzene rings is 3. The normalized spacial score (nSPS) is 17.9. The van der Waals surface area contributed by atoms with Gasteiger partial charge in [-0.3, -0.25) is 9.59 Å². The zero-order valence-corrected chi connectivity index (χ0v) is 19.9. The van der Waals surface area contributed by atoms with Gasteiger partial charge in [-0.25, -0.2) is 4.39 Å². The summed E-state index contributed by atoms with van der Waals surface area (Å²) in [4.78, 5) is 27.9. The van der Waals surface area contributed by atoms with Crippen LogP contribution in [-0.2, 0) is 16.0 Å². The van der Waals surface area contributed by atoms with Crippen LogP contribution in [0.15, 0.2) is 66.2 Å². The summed E-state index contributed by atoms with van der Waals surface area (Å²) in [5.41, 5.74) is 1.44. The summed E-state index contributed by atoms with van der Waals surface area (Å²) in [6.07, 6.45) is 0.351. The van der Waals surface area contributed by atoms with Crippen LogP contribution in [0.4, 0.5) is 4.39 Å². The van der Waals surface area contributed by atoms with Gasteiger partial charge in [-0.05, 0) is 66.9 Å². The largest absolute Gasteiger partial charge is 0.507 e. The van der Waals surface area contributed by atoms with Crippen LogP contribution in [-0.4, -0.2) is 46.7 Å². The highest BCUT2D eigenvalue weighted by molar-refractivity contribution is 6.46. The maximum absolute atomic E-state index is 13.3. The second-order valence-corrected chi connectivity index (χ2v) is 8.60. The smallest absolute Gasteiger partial charge is 0.295 e. The van der Waals surface area contributed by atoms with Crippen molar-refractivity contribution >= 4 is 17.4 Å². The molecule has 1 atom stereocenters. The molecule has 3 aromatic rings. The molecule has 0 bridgehead atoms. The van der Waals surface area contributed by atoms with E-state index in [1.54, 1.807) is 49.4 Å². The van der Waals surface area contributed by atoms with Gasteiger partial charge >= 0.3 is 0 Å². The Morgan fingerprint density at radius 1 is 1.05 bits per heavy atom. The van der Waals surface area contributed by atoms with Crippen LogP contribution in [0.5, 0.6) is 23.0 Å². The van der Waals surface area contributed by atoms with Gasteiger partial charge in [0.05, 0.1) is 18.2 Å². The average Bonchev–Trinajstić information content (AvgIpc) is 3.47. The molecule has 8 nitrogen and oxygen atoms in total. The van der Waals surface area contributed by atoms with Crippen LogP contribution < -0.4 is 14.2 Å². The maximum Gasteiger partial charge on any atom is 0.295 e. The molecule has 190 valence electrons. The molecule has 2 N–H and O–H groups in total. The number of hydrogen-bond donors (Lipinski definition) is 2. The Bertz CT molecular complexity index is 1400. The highest BCUT2D eigenvalue weighted by Gasteiger charge is 2.46. The molecule has 0 aliphatic carbocycles. The summed E-state index contributed by atoms with van der Waals surface area (Å²) in [5.74, 6) is -1.35. The monoisotopic (exact) mass is 505 g/mol. The van der Waals surface area contributed by atoms with Crippen molar-refractivity contribution in [1.82, 2.24) is 4.90 Å². The number of ketones is 1. The molecule has 0 saturated carbocycles. The fourth-order valence-corrected chi connectivity index (χ4v) is 4.53. The van der Waals surface area contributed by atoms with Crippen molar-refractivity contribution in [2.45, 2.75) is 19.4 Å². The standard InChI is InChI=1S/C28H24FNO7/c1-2-35-22-13-17(5-9-20(22)31)25-24(26(32)18-6-10-21-23(14-18)37-15-36-21)27(33)28(34)30(25)12-11-16-3-7-19(29)8-4-16/h3-10,13-14,25,31-32H,2,11-12,15H2,1H3/b26-24+. The molecule has 1 unspecified atom stereocenters. The lowest BCUT2D eigenvalue weighted by atomic mass is 9.94. The summed E-state index contributed by atoms with van der Waals surface area (Å²) >= 11 is 0. The predicted octanol–water partition coefficient (Wildman–Crippen LogP) is 4.32. The first kappa shape index (κ1) is 24.2. The molecule has 2 aliphatic heterocycles. The van der Waals surface area contributed by atoms with Crippen LogP contribution in [0.1, 0.15) is 29.7 Å². The second kappa shape index (κ2) is 9.85. The van der Waals surface area contributed by atoms with Crippen LogP contribution in [0.3, 0.4) is 0 Å². The third-order valence-corrected chi connectivity index (χ3v) is 6.34. The van der Waals surface area contributed by atoms with Crippen molar-refractivity contribution < 1.29 is 38.4 Å². The van der Waals surface area contributed by atoms with Gasteiger partial charge in [-0.1, -0.05) is 18.2 Å². The van der Waals surface area contributed by atoms with E-state index in [-0.39, 0.29) is 47.5 Å². The Hall–Kier alpha value is -4.53. The average molecular weight is 505 g/mol. The Kier molecular flexibility index (Phi) is 6.43. The number of ether oxygens (including phenoxy) is 3. The lowest BCUT2D eigenvalue weighted by molar-refractivity contribution is -0.139. The summed E-state index contributed by atoms with van der Waals surface area (Å²) in [6, 6.07) is 14.2.